The highest BCUT2D eigenvalue weighted by molar-refractivity contribution is 5.93. The second kappa shape index (κ2) is 7.96. The van der Waals surface area contributed by atoms with E-state index in [2.05, 4.69) is 50.5 Å². The van der Waals surface area contributed by atoms with Crippen molar-refractivity contribution in [1.29, 1.82) is 0 Å². The zero-order chi connectivity index (χ0) is 18.6. The molecule has 2 aromatic heterocycles. The minimum Gasteiger partial charge on any atom is -0.493 e. The van der Waals surface area contributed by atoms with Crippen LogP contribution in [0.3, 0.4) is 0 Å². The molecular formula is C21H27N5O. The van der Waals surface area contributed by atoms with Crippen molar-refractivity contribution in [3.05, 3.63) is 47.8 Å². The van der Waals surface area contributed by atoms with Gasteiger partial charge in [-0.2, -0.15) is 5.10 Å². The van der Waals surface area contributed by atoms with Gasteiger partial charge in [0.05, 0.1) is 17.8 Å². The van der Waals surface area contributed by atoms with Gasteiger partial charge < -0.3 is 10.1 Å². The van der Waals surface area contributed by atoms with Crippen LogP contribution in [0.15, 0.2) is 36.5 Å². The minimum atomic E-state index is 0.607. The van der Waals surface area contributed by atoms with Crippen LogP contribution in [0.4, 0.5) is 5.82 Å². The SMILES string of the molecule is CNc1n[nH]c2cc(OCC3CCN(Cc4ccccn4)CC3)cc(C)c12. The lowest BCUT2D eigenvalue weighted by Crippen LogP contribution is -2.35. The Morgan fingerprint density at radius 2 is 2.11 bits per heavy atom. The molecule has 0 radical (unpaired) electrons. The van der Waals surface area contributed by atoms with E-state index < -0.39 is 0 Å². The number of anilines is 1. The van der Waals surface area contributed by atoms with Crippen molar-refractivity contribution >= 4 is 16.7 Å². The fourth-order valence-corrected chi connectivity index (χ4v) is 3.84. The zero-order valence-corrected chi connectivity index (χ0v) is 16.0. The smallest absolute Gasteiger partial charge is 0.155 e. The van der Waals surface area contributed by atoms with Crippen LogP contribution in [0.2, 0.25) is 0 Å². The largest absolute Gasteiger partial charge is 0.493 e. The topological polar surface area (TPSA) is 66.1 Å². The fraction of sp³-hybridized carbons (Fsp3) is 0.429. The molecular weight excluding hydrogens is 338 g/mol. The Balaban J connectivity index is 1.30. The van der Waals surface area contributed by atoms with Crippen molar-refractivity contribution in [2.45, 2.75) is 26.3 Å². The summed E-state index contributed by atoms with van der Waals surface area (Å²) in [4.78, 5) is 6.91. The van der Waals surface area contributed by atoms with Crippen molar-refractivity contribution in [3.63, 3.8) is 0 Å². The number of aryl methyl sites for hydroxylation is 1. The normalized spacial score (nSPS) is 15.9. The van der Waals surface area contributed by atoms with Gasteiger partial charge >= 0.3 is 0 Å². The molecule has 6 heteroatoms. The average Bonchev–Trinajstić information content (AvgIpc) is 3.12. The van der Waals surface area contributed by atoms with Gasteiger partial charge in [0.2, 0.25) is 0 Å². The van der Waals surface area contributed by atoms with Crippen LogP contribution >= 0.6 is 0 Å². The molecule has 0 bridgehead atoms. The van der Waals surface area contributed by atoms with Crippen LogP contribution in [-0.4, -0.2) is 46.8 Å². The number of hydrogen-bond donors (Lipinski definition) is 2. The molecule has 3 aromatic rings. The summed E-state index contributed by atoms with van der Waals surface area (Å²) in [7, 11) is 1.89. The molecule has 27 heavy (non-hydrogen) atoms. The summed E-state index contributed by atoms with van der Waals surface area (Å²) >= 11 is 0. The highest BCUT2D eigenvalue weighted by Crippen LogP contribution is 2.29. The van der Waals surface area contributed by atoms with Crippen LogP contribution < -0.4 is 10.1 Å². The summed E-state index contributed by atoms with van der Waals surface area (Å²) in [5.41, 5.74) is 3.33. The number of aromatic amines is 1. The highest BCUT2D eigenvalue weighted by Gasteiger charge is 2.20. The lowest BCUT2D eigenvalue weighted by atomic mass is 9.97. The third-order valence-corrected chi connectivity index (χ3v) is 5.38. The van der Waals surface area contributed by atoms with E-state index in [9.17, 15) is 0 Å². The van der Waals surface area contributed by atoms with E-state index in [-0.39, 0.29) is 0 Å². The van der Waals surface area contributed by atoms with Crippen LogP contribution in [-0.2, 0) is 6.54 Å². The first-order valence-electron chi connectivity index (χ1n) is 9.64. The number of aromatic nitrogens is 3. The second-order valence-electron chi connectivity index (χ2n) is 7.34. The molecule has 1 fully saturated rings. The molecule has 0 atom stereocenters. The number of benzene rings is 1. The van der Waals surface area contributed by atoms with Gasteiger partial charge in [0.1, 0.15) is 5.75 Å². The molecule has 2 N–H and O–H groups in total. The van der Waals surface area contributed by atoms with Gasteiger partial charge in [0.15, 0.2) is 5.82 Å². The van der Waals surface area contributed by atoms with Gasteiger partial charge in [-0.1, -0.05) is 6.07 Å². The van der Waals surface area contributed by atoms with Crippen molar-refractivity contribution in [2.75, 3.05) is 32.1 Å². The van der Waals surface area contributed by atoms with E-state index in [1.807, 2.05) is 25.4 Å². The number of H-pyrrole nitrogens is 1. The number of hydrogen-bond acceptors (Lipinski definition) is 5. The monoisotopic (exact) mass is 365 g/mol. The Hall–Kier alpha value is -2.60. The number of nitrogens with one attached hydrogen (secondary N) is 2. The summed E-state index contributed by atoms with van der Waals surface area (Å²) in [6, 6.07) is 10.3. The summed E-state index contributed by atoms with van der Waals surface area (Å²) in [5.74, 6) is 2.41. The van der Waals surface area contributed by atoms with E-state index in [4.69, 9.17) is 4.74 Å². The van der Waals surface area contributed by atoms with E-state index in [1.165, 1.54) is 18.4 Å². The Bertz CT molecular complexity index is 884. The Kier molecular flexibility index (Phi) is 5.25. The number of ether oxygens (including phenoxy) is 1. The number of rotatable bonds is 6. The van der Waals surface area contributed by atoms with Crippen molar-refractivity contribution in [1.82, 2.24) is 20.1 Å². The van der Waals surface area contributed by atoms with Crippen molar-refractivity contribution < 1.29 is 4.74 Å². The van der Waals surface area contributed by atoms with Crippen LogP contribution in [0, 0.1) is 12.8 Å². The molecule has 0 saturated carbocycles. The number of piperidine rings is 1. The molecule has 1 saturated heterocycles. The maximum atomic E-state index is 6.13. The quantitative estimate of drug-likeness (QED) is 0.699. The van der Waals surface area contributed by atoms with Crippen LogP contribution in [0.25, 0.3) is 10.9 Å². The predicted octanol–water partition coefficient (Wildman–Crippen LogP) is 3.60. The van der Waals surface area contributed by atoms with Gasteiger partial charge in [-0.15, -0.1) is 0 Å². The summed E-state index contributed by atoms with van der Waals surface area (Å²) < 4.78 is 6.13. The third kappa shape index (κ3) is 4.06. The number of likely N-dealkylation sites (tertiary alicyclic amines) is 1. The Morgan fingerprint density at radius 3 is 2.85 bits per heavy atom. The van der Waals surface area contributed by atoms with Gasteiger partial charge in [-0.25, -0.2) is 0 Å². The minimum absolute atomic E-state index is 0.607. The fourth-order valence-electron chi connectivity index (χ4n) is 3.84. The van der Waals surface area contributed by atoms with E-state index >= 15 is 0 Å². The van der Waals surface area contributed by atoms with Crippen molar-refractivity contribution in [2.24, 2.45) is 5.92 Å². The van der Waals surface area contributed by atoms with Gasteiger partial charge in [0, 0.05) is 31.2 Å². The first-order valence-corrected chi connectivity index (χ1v) is 9.64. The zero-order valence-electron chi connectivity index (χ0n) is 16.0. The molecule has 142 valence electrons. The molecule has 3 heterocycles. The first-order chi connectivity index (χ1) is 13.2. The Labute approximate surface area is 159 Å². The molecule has 0 aliphatic carbocycles. The lowest BCUT2D eigenvalue weighted by molar-refractivity contribution is 0.136. The van der Waals surface area contributed by atoms with Crippen LogP contribution in [0.1, 0.15) is 24.1 Å². The summed E-state index contributed by atoms with van der Waals surface area (Å²) in [6.45, 7) is 6.03. The number of nitrogens with zero attached hydrogens (tertiary/aromatic N) is 3. The summed E-state index contributed by atoms with van der Waals surface area (Å²) in [5, 5.41) is 11.6. The van der Waals surface area contributed by atoms with E-state index in [0.717, 1.165) is 54.4 Å². The molecule has 6 nitrogen and oxygen atoms in total. The average molecular weight is 365 g/mol. The van der Waals surface area contributed by atoms with E-state index in [1.54, 1.807) is 0 Å². The van der Waals surface area contributed by atoms with E-state index in [0.29, 0.717) is 5.92 Å². The highest BCUT2D eigenvalue weighted by atomic mass is 16.5. The number of pyridine rings is 1. The second-order valence-corrected chi connectivity index (χ2v) is 7.34. The standard InChI is InChI=1S/C21H27N5O/c1-15-11-18(12-19-20(15)21(22-2)25-24-19)27-14-16-6-9-26(10-7-16)13-17-5-3-4-8-23-17/h3-5,8,11-12,16H,6-7,9-10,13-14H2,1-2H3,(H2,22,24,25). The summed E-state index contributed by atoms with van der Waals surface area (Å²) in [6.07, 6.45) is 4.21. The molecule has 4 rings (SSSR count). The predicted molar refractivity (Wildman–Crippen MR) is 108 cm³/mol. The molecule has 0 amide bonds. The first kappa shape index (κ1) is 17.8. The molecule has 1 aliphatic heterocycles. The van der Waals surface area contributed by atoms with Crippen molar-refractivity contribution in [3.8, 4) is 5.75 Å². The number of fused-ring (bicyclic) bond motifs is 1. The molecule has 1 aliphatic rings. The third-order valence-electron chi connectivity index (χ3n) is 5.38. The van der Waals surface area contributed by atoms with Gasteiger partial charge in [-0.05, 0) is 62.5 Å². The maximum Gasteiger partial charge on any atom is 0.155 e. The molecule has 0 spiro atoms. The van der Waals surface area contributed by atoms with Gasteiger partial charge in [0.25, 0.3) is 0 Å². The van der Waals surface area contributed by atoms with Crippen LogP contribution in [0.5, 0.6) is 5.75 Å². The maximum absolute atomic E-state index is 6.13. The Morgan fingerprint density at radius 1 is 1.26 bits per heavy atom. The van der Waals surface area contributed by atoms with Gasteiger partial charge in [-0.3, -0.25) is 15.0 Å². The molecule has 0 unspecified atom stereocenters. The lowest BCUT2D eigenvalue weighted by Gasteiger charge is -2.31. The molecule has 1 aromatic carbocycles.